The summed E-state index contributed by atoms with van der Waals surface area (Å²) in [5.74, 6) is 0. The maximum atomic E-state index is 5.70. The van der Waals surface area contributed by atoms with Gasteiger partial charge in [-0.3, -0.25) is 0 Å². The van der Waals surface area contributed by atoms with Gasteiger partial charge in [-0.15, -0.1) is 0 Å². The molecule has 0 amide bonds. The van der Waals surface area contributed by atoms with Crippen LogP contribution in [-0.4, -0.2) is 4.98 Å². The molecule has 0 spiro atoms. The fraction of sp³-hybridized carbons (Fsp3) is 0.400. The first-order chi connectivity index (χ1) is 9.02. The molecule has 2 unspecified atom stereocenters. The predicted molar refractivity (Wildman–Crippen MR) is 84.8 cm³/mol. The molecule has 0 aliphatic heterocycles. The minimum atomic E-state index is 0.0788. The number of benzene rings is 1. The fourth-order valence-electron chi connectivity index (χ4n) is 3.02. The van der Waals surface area contributed by atoms with Crippen LogP contribution in [0.25, 0.3) is 10.9 Å². The highest BCUT2D eigenvalue weighted by atomic mass is 32.1. The van der Waals surface area contributed by atoms with Crippen molar-refractivity contribution in [2.24, 2.45) is 5.41 Å². The van der Waals surface area contributed by atoms with Crippen molar-refractivity contribution in [3.8, 4) is 0 Å². The third kappa shape index (κ3) is 2.24. The van der Waals surface area contributed by atoms with E-state index in [2.05, 4.69) is 40.4 Å². The normalized spacial score (nSPS) is 21.3. The summed E-state index contributed by atoms with van der Waals surface area (Å²) in [6, 6.07) is 8.23. The van der Waals surface area contributed by atoms with Gasteiger partial charge in [0.2, 0.25) is 0 Å². The Morgan fingerprint density at radius 3 is 2.84 bits per heavy atom. The topological polar surface area (TPSA) is 25.0 Å². The van der Waals surface area contributed by atoms with Crippen LogP contribution in [0.15, 0.2) is 24.3 Å². The molecule has 1 aliphatic carbocycles. The van der Waals surface area contributed by atoms with Gasteiger partial charge in [-0.05, 0) is 29.9 Å². The van der Waals surface area contributed by atoms with Crippen LogP contribution >= 0.6 is 21.7 Å². The van der Waals surface area contributed by atoms with Crippen LogP contribution in [0.1, 0.15) is 37.6 Å². The fourth-order valence-corrected chi connectivity index (χ4v) is 3.61. The molecule has 0 fully saturated rings. The largest absolute Gasteiger partial charge is 0.356 e. The number of aromatic nitrogens is 1. The lowest BCUT2D eigenvalue weighted by atomic mass is 9.74. The van der Waals surface area contributed by atoms with E-state index in [0.717, 1.165) is 33.9 Å². The van der Waals surface area contributed by atoms with E-state index >= 15 is 0 Å². The van der Waals surface area contributed by atoms with E-state index < -0.39 is 0 Å². The number of hydrogen-bond donors (Lipinski definition) is 1. The molecule has 0 saturated carbocycles. The monoisotopic (exact) mass is 291 g/mol. The summed E-state index contributed by atoms with van der Waals surface area (Å²) in [7, 11) is 2.40. The second-order valence-electron chi connectivity index (χ2n) is 6.06. The van der Waals surface area contributed by atoms with E-state index in [-0.39, 0.29) is 11.5 Å². The van der Waals surface area contributed by atoms with E-state index in [4.69, 9.17) is 16.7 Å². The average Bonchev–Trinajstić information content (AvgIpc) is 2.39. The van der Waals surface area contributed by atoms with Gasteiger partial charge in [0.05, 0.1) is 4.51 Å². The lowest BCUT2D eigenvalue weighted by Crippen LogP contribution is -2.27. The predicted octanol–water partition coefficient (Wildman–Crippen LogP) is 4.72. The van der Waals surface area contributed by atoms with Crippen LogP contribution in [-0.2, 0) is 10.9 Å². The lowest BCUT2D eigenvalue weighted by molar-refractivity contribution is 0.138. The Labute approximate surface area is 120 Å². The molecule has 1 aromatic carbocycles. The highest BCUT2D eigenvalue weighted by molar-refractivity contribution is 7.71. The van der Waals surface area contributed by atoms with Crippen LogP contribution in [0.5, 0.6) is 0 Å². The van der Waals surface area contributed by atoms with Gasteiger partial charge in [-0.25, -0.2) is 0 Å². The lowest BCUT2D eigenvalue weighted by Gasteiger charge is -2.36. The van der Waals surface area contributed by atoms with Crippen LogP contribution in [0.3, 0.4) is 0 Å². The second kappa shape index (κ2) is 4.66. The Morgan fingerprint density at radius 1 is 1.37 bits per heavy atom. The molecule has 4 heteroatoms. The van der Waals surface area contributed by atoms with Crippen LogP contribution in [0, 0.1) is 9.93 Å². The number of H-pyrrole nitrogens is 1. The van der Waals surface area contributed by atoms with Crippen molar-refractivity contribution >= 4 is 32.6 Å². The van der Waals surface area contributed by atoms with Crippen LogP contribution < -0.4 is 0 Å². The average molecular weight is 291 g/mol. The van der Waals surface area contributed by atoms with Crippen LogP contribution in [0.4, 0.5) is 0 Å². The first-order valence-electron chi connectivity index (χ1n) is 6.51. The van der Waals surface area contributed by atoms with Gasteiger partial charge in [-0.2, -0.15) is 0 Å². The summed E-state index contributed by atoms with van der Waals surface area (Å²) in [5.41, 5.74) is 3.71. The number of rotatable bonds is 1. The minimum absolute atomic E-state index is 0.0788. The van der Waals surface area contributed by atoms with Crippen molar-refractivity contribution in [3.63, 3.8) is 0 Å². The summed E-state index contributed by atoms with van der Waals surface area (Å²) in [6.45, 7) is 4.55. The Bertz CT molecular complexity index is 692. The number of para-hydroxylation sites is 1. The Balaban J connectivity index is 2.32. The zero-order chi connectivity index (χ0) is 13.6. The Kier molecular flexibility index (Phi) is 3.24. The van der Waals surface area contributed by atoms with E-state index in [1.807, 2.05) is 12.1 Å². The maximum Gasteiger partial charge on any atom is 0.102 e. The molecule has 0 bridgehead atoms. The van der Waals surface area contributed by atoms with Gasteiger partial charge in [-0.1, -0.05) is 44.3 Å². The molecule has 2 nitrogen and oxygen atoms in total. The Hall–Kier alpha value is -0.760. The SMILES string of the molecule is CC1(C)Cc2c([nH]c3ccccc3c2=S)C(OP)C1. The summed E-state index contributed by atoms with van der Waals surface area (Å²) in [6.07, 6.45) is 2.09. The van der Waals surface area contributed by atoms with Crippen molar-refractivity contribution in [1.82, 2.24) is 4.98 Å². The minimum Gasteiger partial charge on any atom is -0.356 e. The van der Waals surface area contributed by atoms with E-state index in [0.29, 0.717) is 0 Å². The summed E-state index contributed by atoms with van der Waals surface area (Å²) in [4.78, 5) is 3.52. The standard InChI is InChI=1S/C15H18NOPS/c1-15(2)7-10-13(12(8-15)17-18)16-11-6-4-3-5-9(11)14(10)19/h3-6,12H,7-8,18H2,1-2H3,(H,16,19). The van der Waals surface area contributed by atoms with Gasteiger partial charge in [0.25, 0.3) is 0 Å². The molecule has 19 heavy (non-hydrogen) atoms. The van der Waals surface area contributed by atoms with Crippen molar-refractivity contribution in [3.05, 3.63) is 40.0 Å². The number of nitrogens with one attached hydrogen (secondary N) is 1. The molecule has 100 valence electrons. The quantitative estimate of drug-likeness (QED) is 0.607. The molecule has 0 saturated heterocycles. The molecule has 1 aliphatic rings. The Morgan fingerprint density at radius 2 is 2.11 bits per heavy atom. The number of pyridine rings is 1. The summed E-state index contributed by atoms with van der Waals surface area (Å²) in [5, 5.41) is 1.14. The zero-order valence-electron chi connectivity index (χ0n) is 11.2. The molecule has 2 atom stereocenters. The van der Waals surface area contributed by atoms with Crippen LogP contribution in [0.2, 0.25) is 0 Å². The van der Waals surface area contributed by atoms with Crippen molar-refractivity contribution in [2.75, 3.05) is 0 Å². The van der Waals surface area contributed by atoms with Gasteiger partial charge in [0.15, 0.2) is 0 Å². The molecule has 0 radical (unpaired) electrons. The molecular weight excluding hydrogens is 273 g/mol. The molecule has 1 N–H and O–H groups in total. The molecule has 2 aromatic rings. The van der Waals surface area contributed by atoms with E-state index in [9.17, 15) is 0 Å². The zero-order valence-corrected chi connectivity index (χ0v) is 13.2. The first-order valence-corrected chi connectivity index (χ1v) is 7.39. The van der Waals surface area contributed by atoms with E-state index in [1.54, 1.807) is 0 Å². The van der Waals surface area contributed by atoms with Gasteiger partial charge in [0, 0.05) is 26.1 Å². The van der Waals surface area contributed by atoms with Gasteiger partial charge >= 0.3 is 0 Å². The molecule has 1 aromatic heterocycles. The van der Waals surface area contributed by atoms with Crippen molar-refractivity contribution in [1.29, 1.82) is 0 Å². The first kappa shape index (κ1) is 13.2. The smallest absolute Gasteiger partial charge is 0.102 e. The van der Waals surface area contributed by atoms with Crippen molar-refractivity contribution in [2.45, 2.75) is 32.8 Å². The number of hydrogen-bond acceptors (Lipinski definition) is 2. The van der Waals surface area contributed by atoms with E-state index in [1.165, 1.54) is 5.56 Å². The van der Waals surface area contributed by atoms with Gasteiger partial charge in [0.1, 0.15) is 6.10 Å². The third-order valence-electron chi connectivity index (χ3n) is 3.92. The highest BCUT2D eigenvalue weighted by Gasteiger charge is 2.34. The third-order valence-corrected chi connectivity index (χ3v) is 4.71. The summed E-state index contributed by atoms with van der Waals surface area (Å²) >= 11 is 5.70. The highest BCUT2D eigenvalue weighted by Crippen LogP contribution is 2.43. The van der Waals surface area contributed by atoms with Gasteiger partial charge < -0.3 is 9.51 Å². The molecular formula is C15H18NOPS. The van der Waals surface area contributed by atoms with Crippen molar-refractivity contribution < 1.29 is 4.52 Å². The molecule has 3 rings (SSSR count). The summed E-state index contributed by atoms with van der Waals surface area (Å²) < 4.78 is 6.57. The number of aromatic amines is 1. The number of fused-ring (bicyclic) bond motifs is 2. The maximum absolute atomic E-state index is 5.70. The molecule has 1 heterocycles. The second-order valence-corrected chi connectivity index (χ2v) is 6.74.